The van der Waals surface area contributed by atoms with Gasteiger partial charge in [0.1, 0.15) is 0 Å². The third-order valence-electron chi connectivity index (χ3n) is 3.10. The van der Waals surface area contributed by atoms with Crippen LogP contribution in [0.25, 0.3) is 0 Å². The third-order valence-corrected chi connectivity index (χ3v) is 3.34. The van der Waals surface area contributed by atoms with E-state index in [-0.39, 0.29) is 6.04 Å². The fourth-order valence-electron chi connectivity index (χ4n) is 2.50. The molecule has 1 atom stereocenters. The molecule has 0 bridgehead atoms. The first kappa shape index (κ1) is 17.3. The highest BCUT2D eigenvalue weighted by Gasteiger charge is 2.15. The van der Waals surface area contributed by atoms with Gasteiger partial charge in [-0.2, -0.15) is 0 Å². The minimum atomic E-state index is 0.162. The Morgan fingerprint density at radius 3 is 2.05 bits per heavy atom. The van der Waals surface area contributed by atoms with Gasteiger partial charge in [0.2, 0.25) is 0 Å². The average Bonchev–Trinajstić information content (AvgIpc) is 2.28. The molecule has 0 spiro atoms. The molecule has 3 heteroatoms. The van der Waals surface area contributed by atoms with E-state index in [1.807, 2.05) is 13.0 Å². The first-order chi connectivity index (χ1) is 9.29. The number of hydrogen-bond donors (Lipinski definition) is 1. The van der Waals surface area contributed by atoms with Crippen molar-refractivity contribution in [3.63, 3.8) is 0 Å². The normalized spacial score (nSPS) is 13.1. The van der Waals surface area contributed by atoms with Gasteiger partial charge in [0.25, 0.3) is 0 Å². The molecule has 1 aromatic rings. The van der Waals surface area contributed by atoms with E-state index in [1.165, 1.54) is 11.3 Å². The molecule has 2 nitrogen and oxygen atoms in total. The molecule has 2 N–H and O–H groups in total. The fraction of sp³-hybridized carbons (Fsp3) is 0.647. The van der Waals surface area contributed by atoms with E-state index in [4.69, 9.17) is 17.3 Å². The topological polar surface area (TPSA) is 29.3 Å². The molecule has 0 amide bonds. The molecule has 0 radical (unpaired) electrons. The monoisotopic (exact) mass is 296 g/mol. The predicted molar refractivity (Wildman–Crippen MR) is 90.7 cm³/mol. The fourth-order valence-corrected chi connectivity index (χ4v) is 2.67. The molecule has 0 aliphatic rings. The second-order valence-electron chi connectivity index (χ2n) is 6.65. The van der Waals surface area contributed by atoms with Crippen LogP contribution in [0.15, 0.2) is 18.2 Å². The lowest BCUT2D eigenvalue weighted by atomic mass is 10.0. The SMILES string of the molecule is CC(C)CN(CC(C)C)c1cc(Cl)ccc1CC(C)N. The van der Waals surface area contributed by atoms with Gasteiger partial charge in [-0.15, -0.1) is 0 Å². The number of anilines is 1. The number of nitrogens with two attached hydrogens (primary N) is 1. The lowest BCUT2D eigenvalue weighted by Gasteiger charge is -2.31. The van der Waals surface area contributed by atoms with Crippen LogP contribution in [0.3, 0.4) is 0 Å². The zero-order valence-corrected chi connectivity index (χ0v) is 14.2. The summed E-state index contributed by atoms with van der Waals surface area (Å²) in [5.74, 6) is 1.24. The molecule has 0 aliphatic heterocycles. The Morgan fingerprint density at radius 1 is 1.05 bits per heavy atom. The molecule has 0 saturated carbocycles. The number of halogens is 1. The maximum atomic E-state index is 6.21. The molecule has 0 saturated heterocycles. The van der Waals surface area contributed by atoms with Crippen molar-refractivity contribution in [2.45, 2.75) is 47.1 Å². The van der Waals surface area contributed by atoms with Crippen molar-refractivity contribution in [2.24, 2.45) is 17.6 Å². The Bertz CT molecular complexity index is 403. The molecule has 1 unspecified atom stereocenters. The predicted octanol–water partition coefficient (Wildman–Crippen LogP) is 4.35. The van der Waals surface area contributed by atoms with Crippen LogP contribution in [0, 0.1) is 11.8 Å². The van der Waals surface area contributed by atoms with E-state index in [2.05, 4.69) is 44.7 Å². The molecular weight excluding hydrogens is 268 g/mol. The smallest absolute Gasteiger partial charge is 0.0426 e. The molecule has 0 aliphatic carbocycles. The van der Waals surface area contributed by atoms with Crippen LogP contribution in [0.5, 0.6) is 0 Å². The van der Waals surface area contributed by atoms with Crippen LogP contribution in [-0.4, -0.2) is 19.1 Å². The van der Waals surface area contributed by atoms with E-state index in [0.29, 0.717) is 11.8 Å². The molecule has 0 aromatic heterocycles. The van der Waals surface area contributed by atoms with Crippen LogP contribution < -0.4 is 10.6 Å². The van der Waals surface area contributed by atoms with Crippen LogP contribution >= 0.6 is 11.6 Å². The maximum absolute atomic E-state index is 6.21. The average molecular weight is 297 g/mol. The summed E-state index contributed by atoms with van der Waals surface area (Å²) in [5.41, 5.74) is 8.53. The summed E-state index contributed by atoms with van der Waals surface area (Å²) in [6, 6.07) is 6.33. The van der Waals surface area contributed by atoms with E-state index >= 15 is 0 Å². The Hall–Kier alpha value is -0.730. The van der Waals surface area contributed by atoms with E-state index < -0.39 is 0 Å². The van der Waals surface area contributed by atoms with Crippen molar-refractivity contribution in [3.05, 3.63) is 28.8 Å². The highest BCUT2D eigenvalue weighted by atomic mass is 35.5. The van der Waals surface area contributed by atoms with E-state index in [0.717, 1.165) is 24.5 Å². The number of hydrogen-bond acceptors (Lipinski definition) is 2. The molecule has 0 heterocycles. The Kier molecular flexibility index (Phi) is 6.84. The lowest BCUT2D eigenvalue weighted by molar-refractivity contribution is 0.550. The summed E-state index contributed by atoms with van der Waals surface area (Å²) in [5, 5.41) is 0.797. The van der Waals surface area contributed by atoms with Gasteiger partial charge in [0.05, 0.1) is 0 Å². The first-order valence-electron chi connectivity index (χ1n) is 7.58. The summed E-state index contributed by atoms with van der Waals surface area (Å²) < 4.78 is 0. The van der Waals surface area contributed by atoms with Crippen molar-refractivity contribution in [1.29, 1.82) is 0 Å². The molecular formula is C17H29ClN2. The van der Waals surface area contributed by atoms with Gasteiger partial charge in [-0.05, 0) is 42.9 Å². The summed E-state index contributed by atoms with van der Waals surface area (Å²) in [7, 11) is 0. The van der Waals surface area contributed by atoms with Crippen LogP contribution in [0.2, 0.25) is 5.02 Å². The van der Waals surface area contributed by atoms with Gasteiger partial charge >= 0.3 is 0 Å². The second-order valence-corrected chi connectivity index (χ2v) is 7.08. The summed E-state index contributed by atoms with van der Waals surface area (Å²) >= 11 is 6.21. The van der Waals surface area contributed by atoms with Crippen molar-refractivity contribution in [2.75, 3.05) is 18.0 Å². The van der Waals surface area contributed by atoms with Crippen molar-refractivity contribution in [1.82, 2.24) is 0 Å². The highest BCUT2D eigenvalue weighted by molar-refractivity contribution is 6.30. The van der Waals surface area contributed by atoms with Crippen LogP contribution in [0.4, 0.5) is 5.69 Å². The summed E-state index contributed by atoms with van der Waals surface area (Å²) in [4.78, 5) is 2.46. The highest BCUT2D eigenvalue weighted by Crippen LogP contribution is 2.27. The third kappa shape index (κ3) is 5.72. The zero-order chi connectivity index (χ0) is 15.3. The van der Waals surface area contributed by atoms with E-state index in [1.54, 1.807) is 0 Å². The van der Waals surface area contributed by atoms with Crippen LogP contribution in [0.1, 0.15) is 40.2 Å². The maximum Gasteiger partial charge on any atom is 0.0426 e. The van der Waals surface area contributed by atoms with Gasteiger partial charge in [0.15, 0.2) is 0 Å². The van der Waals surface area contributed by atoms with Gasteiger partial charge in [0, 0.05) is 29.8 Å². The quantitative estimate of drug-likeness (QED) is 0.810. The minimum absolute atomic E-state index is 0.162. The standard InChI is InChI=1S/C17H29ClN2/c1-12(2)10-20(11-13(3)4)17-9-16(18)7-6-15(17)8-14(5)19/h6-7,9,12-14H,8,10-11,19H2,1-5H3. The number of nitrogens with zero attached hydrogens (tertiary/aromatic N) is 1. The van der Waals surface area contributed by atoms with Crippen molar-refractivity contribution in [3.8, 4) is 0 Å². The largest absolute Gasteiger partial charge is 0.371 e. The summed E-state index contributed by atoms with van der Waals surface area (Å²) in [6.07, 6.45) is 0.888. The molecule has 1 rings (SSSR count). The number of rotatable bonds is 7. The molecule has 114 valence electrons. The van der Waals surface area contributed by atoms with Crippen molar-refractivity contribution < 1.29 is 0 Å². The zero-order valence-electron chi connectivity index (χ0n) is 13.5. The second kappa shape index (κ2) is 7.90. The van der Waals surface area contributed by atoms with Gasteiger partial charge in [-0.25, -0.2) is 0 Å². The molecule has 0 fully saturated rings. The Morgan fingerprint density at radius 2 is 1.60 bits per heavy atom. The first-order valence-corrected chi connectivity index (χ1v) is 7.96. The van der Waals surface area contributed by atoms with Crippen molar-refractivity contribution >= 4 is 17.3 Å². The van der Waals surface area contributed by atoms with E-state index in [9.17, 15) is 0 Å². The molecule has 20 heavy (non-hydrogen) atoms. The lowest BCUT2D eigenvalue weighted by Crippen LogP contribution is -2.32. The van der Waals surface area contributed by atoms with Gasteiger partial charge in [-0.1, -0.05) is 45.4 Å². The van der Waals surface area contributed by atoms with Gasteiger partial charge in [-0.3, -0.25) is 0 Å². The number of benzene rings is 1. The minimum Gasteiger partial charge on any atom is -0.371 e. The molecule has 1 aromatic carbocycles. The van der Waals surface area contributed by atoms with Gasteiger partial charge < -0.3 is 10.6 Å². The van der Waals surface area contributed by atoms with Crippen LogP contribution in [-0.2, 0) is 6.42 Å². The summed E-state index contributed by atoms with van der Waals surface area (Å²) in [6.45, 7) is 13.2. The Balaban J connectivity index is 3.11. The Labute approximate surface area is 129 Å².